The van der Waals surface area contributed by atoms with Crippen LogP contribution in [-0.2, 0) is 14.3 Å². The molecule has 3 N–H and O–H groups in total. The molecule has 6 nitrogen and oxygen atoms in total. The van der Waals surface area contributed by atoms with Crippen LogP contribution >= 0.6 is 0 Å². The average molecular weight is 1020 g/mol. The van der Waals surface area contributed by atoms with E-state index >= 15 is 0 Å². The Balaban J connectivity index is 3.36. The van der Waals surface area contributed by atoms with Crippen molar-refractivity contribution < 1.29 is 24.5 Å². The van der Waals surface area contributed by atoms with E-state index in [1.54, 1.807) is 6.08 Å². The molecule has 0 aromatic heterocycles. The predicted molar refractivity (Wildman–Crippen MR) is 319 cm³/mol. The molecule has 428 valence electrons. The zero-order valence-electron chi connectivity index (χ0n) is 48.9. The topological polar surface area (TPSA) is 95.9 Å². The molecular formula is C67H125NO5. The summed E-state index contributed by atoms with van der Waals surface area (Å²) in [4.78, 5) is 24.5. The van der Waals surface area contributed by atoms with Gasteiger partial charge in [-0.3, -0.25) is 9.59 Å². The second-order valence-corrected chi connectivity index (χ2v) is 22.1. The van der Waals surface area contributed by atoms with Crippen LogP contribution in [0.4, 0.5) is 0 Å². The lowest BCUT2D eigenvalue weighted by Crippen LogP contribution is -2.45. The highest BCUT2D eigenvalue weighted by molar-refractivity contribution is 5.76. The Kier molecular flexibility index (Phi) is 60.5. The van der Waals surface area contributed by atoms with Crippen LogP contribution in [0.1, 0.15) is 341 Å². The van der Waals surface area contributed by atoms with E-state index in [4.69, 9.17) is 4.74 Å². The van der Waals surface area contributed by atoms with E-state index in [-0.39, 0.29) is 18.5 Å². The third kappa shape index (κ3) is 58.9. The maximum atomic E-state index is 12.5. The molecule has 0 fully saturated rings. The third-order valence-electron chi connectivity index (χ3n) is 14.8. The van der Waals surface area contributed by atoms with Crippen LogP contribution in [-0.4, -0.2) is 47.4 Å². The van der Waals surface area contributed by atoms with E-state index in [1.165, 1.54) is 250 Å². The van der Waals surface area contributed by atoms with Gasteiger partial charge in [0.25, 0.3) is 0 Å². The van der Waals surface area contributed by atoms with Gasteiger partial charge < -0.3 is 20.3 Å². The number of amides is 1. The number of hydrogen-bond acceptors (Lipinski definition) is 5. The van der Waals surface area contributed by atoms with E-state index in [0.29, 0.717) is 19.4 Å². The summed E-state index contributed by atoms with van der Waals surface area (Å²) in [5.41, 5.74) is 0. The van der Waals surface area contributed by atoms with Gasteiger partial charge in [0, 0.05) is 12.8 Å². The van der Waals surface area contributed by atoms with Gasteiger partial charge in [0.2, 0.25) is 5.91 Å². The maximum absolute atomic E-state index is 12.5. The van der Waals surface area contributed by atoms with Crippen molar-refractivity contribution >= 4 is 11.9 Å². The van der Waals surface area contributed by atoms with Gasteiger partial charge in [0.05, 0.1) is 25.4 Å². The Morgan fingerprint density at radius 3 is 1.11 bits per heavy atom. The molecule has 0 radical (unpaired) electrons. The Labute approximate surface area is 455 Å². The van der Waals surface area contributed by atoms with Crippen molar-refractivity contribution in [1.82, 2.24) is 5.32 Å². The predicted octanol–water partition coefficient (Wildman–Crippen LogP) is 20.5. The molecule has 73 heavy (non-hydrogen) atoms. The van der Waals surface area contributed by atoms with Crippen molar-refractivity contribution in [3.63, 3.8) is 0 Å². The SMILES string of the molecule is CCCC=CCC=CCC=CCCCCCCCC(=O)OCCCCCCCCCCCCCCCCCCCCCCCCCCCCCC(=O)N[C@@H](CO)[C@H](O)C=CCCCCCCCCCCCCC. The molecule has 0 spiro atoms. The number of aliphatic hydroxyl groups is 2. The van der Waals surface area contributed by atoms with Crippen molar-refractivity contribution in [3.05, 3.63) is 48.6 Å². The molecule has 0 saturated carbocycles. The molecule has 6 heteroatoms. The van der Waals surface area contributed by atoms with Crippen molar-refractivity contribution in [1.29, 1.82) is 0 Å². The molecule has 0 rings (SSSR count). The van der Waals surface area contributed by atoms with Gasteiger partial charge in [-0.05, 0) is 64.2 Å². The fourth-order valence-corrected chi connectivity index (χ4v) is 9.89. The van der Waals surface area contributed by atoms with Gasteiger partial charge in [-0.2, -0.15) is 0 Å². The lowest BCUT2D eigenvalue weighted by atomic mass is 10.0. The Bertz CT molecular complexity index is 1230. The maximum Gasteiger partial charge on any atom is 0.305 e. The van der Waals surface area contributed by atoms with Gasteiger partial charge in [0.1, 0.15) is 0 Å². The van der Waals surface area contributed by atoms with E-state index in [2.05, 4.69) is 55.6 Å². The number of aliphatic hydroxyl groups excluding tert-OH is 2. The molecule has 0 saturated heterocycles. The Morgan fingerprint density at radius 1 is 0.384 bits per heavy atom. The van der Waals surface area contributed by atoms with Crippen LogP contribution < -0.4 is 5.32 Å². The quantitative estimate of drug-likeness (QED) is 0.0320. The molecule has 0 aliphatic rings. The number of unbranched alkanes of at least 4 members (excludes halogenated alkanes) is 43. The van der Waals surface area contributed by atoms with Crippen LogP contribution in [0.3, 0.4) is 0 Å². The zero-order chi connectivity index (χ0) is 52.9. The molecular weight excluding hydrogens is 899 g/mol. The summed E-state index contributed by atoms with van der Waals surface area (Å²) >= 11 is 0. The van der Waals surface area contributed by atoms with Crippen LogP contribution in [0.25, 0.3) is 0 Å². The standard InChI is InChI=1S/C67H125NO5/c1-3-5-7-9-11-13-15-17-18-33-37-41-45-49-53-57-61-67(72)73-62-58-54-50-46-42-38-34-31-29-27-25-23-21-19-20-22-24-26-28-30-32-36-40-44-48-52-56-60-66(71)68-64(63-69)65(70)59-55-51-47-43-39-35-16-14-12-10-8-6-4-2/h7,9,13,15,18,33,55,59,64-65,69-70H,3-6,8,10-12,14,16-17,19-32,34-54,56-58,60-63H2,1-2H3,(H,68,71)/t64-,65+/m0/s1. The molecule has 0 aromatic rings. The average Bonchev–Trinajstić information content (AvgIpc) is 3.39. The Morgan fingerprint density at radius 2 is 0.712 bits per heavy atom. The first-order valence-electron chi connectivity index (χ1n) is 32.4. The highest BCUT2D eigenvalue weighted by Gasteiger charge is 2.18. The number of ether oxygens (including phenoxy) is 1. The summed E-state index contributed by atoms with van der Waals surface area (Å²) in [5.74, 6) is -0.0650. The summed E-state index contributed by atoms with van der Waals surface area (Å²) in [5, 5.41) is 23.1. The number of nitrogens with one attached hydrogen (secondary N) is 1. The molecule has 0 bridgehead atoms. The smallest absolute Gasteiger partial charge is 0.305 e. The van der Waals surface area contributed by atoms with Crippen LogP contribution in [0.15, 0.2) is 48.6 Å². The monoisotopic (exact) mass is 1020 g/mol. The van der Waals surface area contributed by atoms with Gasteiger partial charge in [-0.25, -0.2) is 0 Å². The number of rotatable bonds is 60. The first kappa shape index (κ1) is 70.8. The van der Waals surface area contributed by atoms with Crippen LogP contribution in [0, 0.1) is 0 Å². The fourth-order valence-electron chi connectivity index (χ4n) is 9.89. The molecule has 0 unspecified atom stereocenters. The molecule has 0 aliphatic heterocycles. The number of carbonyl (C=O) groups is 2. The number of esters is 1. The lowest BCUT2D eigenvalue weighted by Gasteiger charge is -2.20. The minimum atomic E-state index is -0.842. The largest absolute Gasteiger partial charge is 0.466 e. The second-order valence-electron chi connectivity index (χ2n) is 22.1. The lowest BCUT2D eigenvalue weighted by molar-refractivity contribution is -0.143. The molecule has 0 heterocycles. The highest BCUT2D eigenvalue weighted by Crippen LogP contribution is 2.18. The van der Waals surface area contributed by atoms with E-state index in [1.807, 2.05) is 6.08 Å². The van der Waals surface area contributed by atoms with Crippen molar-refractivity contribution in [2.45, 2.75) is 353 Å². The molecule has 2 atom stereocenters. The Hall–Kier alpha value is -2.18. The first-order chi connectivity index (χ1) is 36.0. The van der Waals surface area contributed by atoms with Crippen LogP contribution in [0.5, 0.6) is 0 Å². The number of carbonyl (C=O) groups excluding carboxylic acids is 2. The number of allylic oxidation sites excluding steroid dienone is 7. The van der Waals surface area contributed by atoms with Crippen molar-refractivity contribution in [2.24, 2.45) is 0 Å². The van der Waals surface area contributed by atoms with Gasteiger partial charge >= 0.3 is 5.97 Å². The van der Waals surface area contributed by atoms with E-state index in [0.717, 1.165) is 64.2 Å². The molecule has 0 aliphatic carbocycles. The van der Waals surface area contributed by atoms with Gasteiger partial charge in [-0.15, -0.1) is 0 Å². The minimum absolute atomic E-state index is 0.000101. The summed E-state index contributed by atoms with van der Waals surface area (Å²) in [7, 11) is 0. The van der Waals surface area contributed by atoms with E-state index < -0.39 is 12.1 Å². The van der Waals surface area contributed by atoms with Crippen molar-refractivity contribution in [2.75, 3.05) is 13.2 Å². The van der Waals surface area contributed by atoms with Crippen molar-refractivity contribution in [3.8, 4) is 0 Å². The molecule has 1 amide bonds. The van der Waals surface area contributed by atoms with E-state index in [9.17, 15) is 19.8 Å². The first-order valence-corrected chi connectivity index (χ1v) is 32.4. The summed E-state index contributed by atoms with van der Waals surface area (Å²) < 4.78 is 5.48. The van der Waals surface area contributed by atoms with Crippen LogP contribution in [0.2, 0.25) is 0 Å². The van der Waals surface area contributed by atoms with Gasteiger partial charge in [0.15, 0.2) is 0 Å². The molecule has 0 aromatic carbocycles. The number of hydrogen-bond donors (Lipinski definition) is 3. The minimum Gasteiger partial charge on any atom is -0.466 e. The summed E-state index contributed by atoms with van der Waals surface area (Å²) in [6.07, 6.45) is 80.2. The fraction of sp³-hybridized carbons (Fsp3) is 0.851. The second kappa shape index (κ2) is 62.4. The van der Waals surface area contributed by atoms with Gasteiger partial charge in [-0.1, -0.05) is 313 Å². The third-order valence-corrected chi connectivity index (χ3v) is 14.8. The zero-order valence-corrected chi connectivity index (χ0v) is 48.9. The highest BCUT2D eigenvalue weighted by atomic mass is 16.5. The summed E-state index contributed by atoms with van der Waals surface area (Å²) in [6.45, 7) is 4.84. The summed E-state index contributed by atoms with van der Waals surface area (Å²) in [6, 6.07) is -0.625. The normalized spacial score (nSPS) is 12.9.